The molecule has 5 heteroatoms. The van der Waals surface area contributed by atoms with Gasteiger partial charge in [-0.25, -0.2) is 4.79 Å². The zero-order valence-electron chi connectivity index (χ0n) is 10.1. The normalized spacial score (nSPS) is 16.8. The van der Waals surface area contributed by atoms with Gasteiger partial charge in [-0.05, 0) is 37.0 Å². The van der Waals surface area contributed by atoms with Gasteiger partial charge >= 0.3 is 6.03 Å². The molecule has 0 heterocycles. The van der Waals surface area contributed by atoms with Gasteiger partial charge in [-0.1, -0.05) is 23.7 Å². The lowest BCUT2D eigenvalue weighted by Crippen LogP contribution is -2.49. The minimum Gasteiger partial charge on any atom is -0.388 e. The zero-order valence-corrected chi connectivity index (χ0v) is 10.8. The van der Waals surface area contributed by atoms with E-state index in [0.717, 1.165) is 24.8 Å². The number of aliphatic hydroxyl groups is 1. The van der Waals surface area contributed by atoms with Gasteiger partial charge in [-0.15, -0.1) is 0 Å². The van der Waals surface area contributed by atoms with E-state index in [1.54, 1.807) is 12.1 Å². The van der Waals surface area contributed by atoms with Gasteiger partial charge in [0.05, 0.1) is 5.60 Å². The lowest BCUT2D eigenvalue weighted by atomic mass is 9.80. The van der Waals surface area contributed by atoms with E-state index in [1.807, 2.05) is 12.1 Å². The zero-order chi connectivity index (χ0) is 13.0. The maximum absolute atomic E-state index is 11.5. The Morgan fingerprint density at radius 1 is 1.39 bits per heavy atom. The molecule has 0 spiro atoms. The Labute approximate surface area is 111 Å². The number of rotatable bonds is 4. The van der Waals surface area contributed by atoms with Crippen LogP contribution >= 0.6 is 11.6 Å². The summed E-state index contributed by atoms with van der Waals surface area (Å²) in [7, 11) is 0. The lowest BCUT2D eigenvalue weighted by molar-refractivity contribution is -0.0290. The Morgan fingerprint density at radius 3 is 2.78 bits per heavy atom. The molecule has 1 saturated carbocycles. The molecule has 98 valence electrons. The average Bonchev–Trinajstić information content (AvgIpc) is 2.31. The van der Waals surface area contributed by atoms with Crippen LogP contribution in [0.1, 0.15) is 24.8 Å². The second-order valence-corrected chi connectivity index (χ2v) is 5.18. The standard InChI is InChI=1S/C13H17ClN2O2/c14-11-4-1-3-10(7-11)8-15-12(17)16-9-13(18)5-2-6-13/h1,3-4,7,18H,2,5-6,8-9H2,(H2,15,16,17). The number of hydrogen-bond donors (Lipinski definition) is 3. The van der Waals surface area contributed by atoms with Crippen LogP contribution in [-0.2, 0) is 6.54 Å². The average molecular weight is 269 g/mol. The van der Waals surface area contributed by atoms with Crippen molar-refractivity contribution in [3.8, 4) is 0 Å². The van der Waals surface area contributed by atoms with E-state index >= 15 is 0 Å². The van der Waals surface area contributed by atoms with Crippen LogP contribution in [0.5, 0.6) is 0 Å². The predicted octanol–water partition coefficient (Wildman–Crippen LogP) is 2.05. The van der Waals surface area contributed by atoms with Crippen molar-refractivity contribution in [3.05, 3.63) is 34.9 Å². The smallest absolute Gasteiger partial charge is 0.315 e. The molecule has 1 aliphatic carbocycles. The van der Waals surface area contributed by atoms with Crippen molar-refractivity contribution in [1.29, 1.82) is 0 Å². The third-order valence-corrected chi connectivity index (χ3v) is 3.44. The van der Waals surface area contributed by atoms with Crippen molar-refractivity contribution in [3.63, 3.8) is 0 Å². The first-order valence-electron chi connectivity index (χ1n) is 6.06. The van der Waals surface area contributed by atoms with E-state index in [-0.39, 0.29) is 6.03 Å². The first kappa shape index (κ1) is 13.2. The molecule has 18 heavy (non-hydrogen) atoms. The molecule has 0 saturated heterocycles. The number of amides is 2. The maximum Gasteiger partial charge on any atom is 0.315 e. The molecule has 3 N–H and O–H groups in total. The molecule has 1 aromatic carbocycles. The third kappa shape index (κ3) is 3.62. The van der Waals surface area contributed by atoms with Gasteiger partial charge in [0.15, 0.2) is 0 Å². The van der Waals surface area contributed by atoms with Crippen LogP contribution in [0.3, 0.4) is 0 Å². The fourth-order valence-electron chi connectivity index (χ4n) is 1.90. The molecule has 1 fully saturated rings. The molecule has 0 bridgehead atoms. The van der Waals surface area contributed by atoms with Gasteiger partial charge in [-0.3, -0.25) is 0 Å². The fraction of sp³-hybridized carbons (Fsp3) is 0.462. The van der Waals surface area contributed by atoms with Crippen LogP contribution in [0.25, 0.3) is 0 Å². The van der Waals surface area contributed by atoms with Crippen LogP contribution in [-0.4, -0.2) is 23.3 Å². The van der Waals surface area contributed by atoms with Crippen molar-refractivity contribution in [2.24, 2.45) is 0 Å². The first-order chi connectivity index (χ1) is 8.57. The number of nitrogens with one attached hydrogen (secondary N) is 2. The second-order valence-electron chi connectivity index (χ2n) is 4.74. The Balaban J connectivity index is 1.71. The highest BCUT2D eigenvalue weighted by molar-refractivity contribution is 6.30. The van der Waals surface area contributed by atoms with Gasteiger partial charge < -0.3 is 15.7 Å². The molecular formula is C13H17ClN2O2. The summed E-state index contributed by atoms with van der Waals surface area (Å²) in [6.07, 6.45) is 2.56. The first-order valence-corrected chi connectivity index (χ1v) is 6.44. The van der Waals surface area contributed by atoms with Crippen LogP contribution in [0.2, 0.25) is 5.02 Å². The summed E-state index contributed by atoms with van der Waals surface area (Å²) in [4.78, 5) is 11.5. The van der Waals surface area contributed by atoms with E-state index in [2.05, 4.69) is 10.6 Å². The van der Waals surface area contributed by atoms with Crippen molar-refractivity contribution < 1.29 is 9.90 Å². The van der Waals surface area contributed by atoms with Crippen LogP contribution in [0, 0.1) is 0 Å². The molecule has 0 aromatic heterocycles. The van der Waals surface area contributed by atoms with E-state index in [1.165, 1.54) is 0 Å². The van der Waals surface area contributed by atoms with E-state index in [4.69, 9.17) is 11.6 Å². The van der Waals surface area contributed by atoms with Crippen molar-refractivity contribution in [2.45, 2.75) is 31.4 Å². The summed E-state index contributed by atoms with van der Waals surface area (Å²) in [5, 5.41) is 15.9. The highest BCUT2D eigenvalue weighted by Crippen LogP contribution is 2.30. The summed E-state index contributed by atoms with van der Waals surface area (Å²) in [6.45, 7) is 0.735. The molecule has 0 atom stereocenters. The number of benzene rings is 1. The largest absolute Gasteiger partial charge is 0.388 e. The highest BCUT2D eigenvalue weighted by Gasteiger charge is 2.34. The molecule has 4 nitrogen and oxygen atoms in total. The summed E-state index contributed by atoms with van der Waals surface area (Å²) in [5.74, 6) is 0. The molecular weight excluding hydrogens is 252 g/mol. The molecule has 0 unspecified atom stereocenters. The molecule has 1 aliphatic rings. The summed E-state index contributed by atoms with van der Waals surface area (Å²) in [6, 6.07) is 7.06. The minimum atomic E-state index is -0.687. The summed E-state index contributed by atoms with van der Waals surface area (Å²) in [5.41, 5.74) is 0.257. The number of urea groups is 1. The van der Waals surface area contributed by atoms with E-state index in [0.29, 0.717) is 18.1 Å². The topological polar surface area (TPSA) is 61.4 Å². The Hall–Kier alpha value is -1.26. The molecule has 2 rings (SSSR count). The second kappa shape index (κ2) is 5.59. The van der Waals surface area contributed by atoms with Gasteiger partial charge in [0.2, 0.25) is 0 Å². The van der Waals surface area contributed by atoms with Gasteiger partial charge in [0.25, 0.3) is 0 Å². The fourth-order valence-corrected chi connectivity index (χ4v) is 2.11. The third-order valence-electron chi connectivity index (χ3n) is 3.20. The molecule has 2 amide bonds. The van der Waals surface area contributed by atoms with Crippen molar-refractivity contribution >= 4 is 17.6 Å². The Kier molecular flexibility index (Phi) is 4.09. The number of carbonyl (C=O) groups is 1. The summed E-state index contributed by atoms with van der Waals surface area (Å²) < 4.78 is 0. The van der Waals surface area contributed by atoms with E-state index in [9.17, 15) is 9.90 Å². The quantitative estimate of drug-likeness (QED) is 0.783. The molecule has 0 radical (unpaired) electrons. The van der Waals surface area contributed by atoms with Gasteiger partial charge in [0.1, 0.15) is 0 Å². The Bertz CT molecular complexity index is 433. The van der Waals surface area contributed by atoms with Crippen LogP contribution in [0.4, 0.5) is 4.79 Å². The molecule has 1 aromatic rings. The number of halogens is 1. The van der Waals surface area contributed by atoms with Crippen molar-refractivity contribution in [2.75, 3.05) is 6.54 Å². The van der Waals surface area contributed by atoms with Crippen molar-refractivity contribution in [1.82, 2.24) is 10.6 Å². The van der Waals surface area contributed by atoms with Gasteiger partial charge in [0, 0.05) is 18.1 Å². The maximum atomic E-state index is 11.5. The molecule has 0 aliphatic heterocycles. The predicted molar refractivity (Wildman–Crippen MR) is 70.5 cm³/mol. The van der Waals surface area contributed by atoms with E-state index < -0.39 is 5.60 Å². The Morgan fingerprint density at radius 2 is 2.17 bits per heavy atom. The number of hydrogen-bond acceptors (Lipinski definition) is 2. The SMILES string of the molecule is O=C(NCc1cccc(Cl)c1)NCC1(O)CCC1. The monoisotopic (exact) mass is 268 g/mol. The van der Waals surface area contributed by atoms with Gasteiger partial charge in [-0.2, -0.15) is 0 Å². The lowest BCUT2D eigenvalue weighted by Gasteiger charge is -2.36. The van der Waals surface area contributed by atoms with Crippen LogP contribution < -0.4 is 10.6 Å². The summed E-state index contributed by atoms with van der Waals surface area (Å²) >= 11 is 5.85. The minimum absolute atomic E-state index is 0.268. The van der Waals surface area contributed by atoms with Crippen LogP contribution in [0.15, 0.2) is 24.3 Å². The highest BCUT2D eigenvalue weighted by atomic mass is 35.5. The number of carbonyl (C=O) groups excluding carboxylic acids is 1.